The first kappa shape index (κ1) is 33.8. The third-order valence-corrected chi connectivity index (χ3v) is 7.84. The van der Waals surface area contributed by atoms with Crippen LogP contribution in [0.4, 0.5) is 0 Å². The fraction of sp³-hybridized carbons (Fsp3) is 0.679. The zero-order valence-corrected chi connectivity index (χ0v) is 25.0. The second-order valence-corrected chi connectivity index (χ2v) is 10.9. The molecule has 38 heavy (non-hydrogen) atoms. The van der Waals surface area contributed by atoms with Crippen molar-refractivity contribution in [3.63, 3.8) is 0 Å². The number of hydrogen-bond acceptors (Lipinski definition) is 8. The van der Waals surface area contributed by atoms with E-state index >= 15 is 0 Å². The minimum atomic E-state index is -0.528. The van der Waals surface area contributed by atoms with E-state index in [9.17, 15) is 14.4 Å². The van der Waals surface area contributed by atoms with Crippen LogP contribution in [-0.4, -0.2) is 75.3 Å². The first-order chi connectivity index (χ1) is 18.1. The van der Waals surface area contributed by atoms with E-state index in [1.54, 1.807) is 46.5 Å². The SMILES string of the molecule is CCC(=O)O[C@@H](C[C@H](OC)[C@@H](C)CC[C@@H](OC(=O)c1ccco1)[C@H](C)[C@H](OC)[C@H](C)/C=C/N(C)C=O)PC. The summed E-state index contributed by atoms with van der Waals surface area (Å²) >= 11 is 0. The quantitative estimate of drug-likeness (QED) is 0.132. The monoisotopic (exact) mass is 555 g/mol. The molecule has 1 heterocycles. The number of esters is 2. The fourth-order valence-electron chi connectivity index (χ4n) is 4.41. The maximum absolute atomic E-state index is 12.8. The van der Waals surface area contributed by atoms with Crippen molar-refractivity contribution in [1.82, 2.24) is 4.90 Å². The second-order valence-electron chi connectivity index (χ2n) is 9.64. The van der Waals surface area contributed by atoms with E-state index in [1.807, 2.05) is 26.6 Å². The Bertz CT molecular complexity index is 846. The van der Waals surface area contributed by atoms with Gasteiger partial charge in [0.2, 0.25) is 12.2 Å². The summed E-state index contributed by atoms with van der Waals surface area (Å²) in [6, 6.07) is 3.22. The lowest BCUT2D eigenvalue weighted by molar-refractivity contribution is -0.146. The zero-order chi connectivity index (χ0) is 28.7. The smallest absolute Gasteiger partial charge is 0.374 e. The first-order valence-electron chi connectivity index (χ1n) is 13.1. The van der Waals surface area contributed by atoms with Crippen LogP contribution < -0.4 is 0 Å². The number of rotatable bonds is 19. The summed E-state index contributed by atoms with van der Waals surface area (Å²) in [5.74, 6) is -0.871. The highest BCUT2D eigenvalue weighted by Crippen LogP contribution is 2.31. The Hall–Kier alpha value is -2.22. The van der Waals surface area contributed by atoms with Gasteiger partial charge < -0.3 is 28.3 Å². The second kappa shape index (κ2) is 18.1. The molecule has 1 aromatic heterocycles. The Morgan fingerprint density at radius 2 is 1.82 bits per heavy atom. The Balaban J connectivity index is 3.02. The van der Waals surface area contributed by atoms with Crippen molar-refractivity contribution in [2.75, 3.05) is 27.9 Å². The number of ether oxygens (including phenoxy) is 4. The van der Waals surface area contributed by atoms with Crippen molar-refractivity contribution in [2.24, 2.45) is 17.8 Å². The highest BCUT2D eigenvalue weighted by Gasteiger charge is 2.33. The van der Waals surface area contributed by atoms with Crippen LogP contribution in [0.15, 0.2) is 35.1 Å². The van der Waals surface area contributed by atoms with Crippen LogP contribution in [0.25, 0.3) is 0 Å². The summed E-state index contributed by atoms with van der Waals surface area (Å²) in [4.78, 5) is 37.0. The highest BCUT2D eigenvalue weighted by atomic mass is 31.1. The molecule has 0 saturated heterocycles. The molecule has 0 radical (unpaired) electrons. The van der Waals surface area contributed by atoms with Gasteiger partial charge in [-0.3, -0.25) is 9.59 Å². The number of hydrogen-bond donors (Lipinski definition) is 0. The third-order valence-electron chi connectivity index (χ3n) is 6.84. The van der Waals surface area contributed by atoms with E-state index in [2.05, 4.69) is 6.92 Å². The average molecular weight is 556 g/mol. The fourth-order valence-corrected chi connectivity index (χ4v) is 5.12. The summed E-state index contributed by atoms with van der Waals surface area (Å²) < 4.78 is 28.4. The van der Waals surface area contributed by atoms with Gasteiger partial charge in [-0.2, -0.15) is 0 Å². The molecule has 8 atom stereocenters. The maximum Gasteiger partial charge on any atom is 0.374 e. The first-order valence-corrected chi connectivity index (χ1v) is 14.7. The highest BCUT2D eigenvalue weighted by molar-refractivity contribution is 7.37. The third kappa shape index (κ3) is 11.3. The predicted octanol–water partition coefficient (Wildman–Crippen LogP) is 5.10. The molecule has 0 aromatic carbocycles. The van der Waals surface area contributed by atoms with Gasteiger partial charge in [-0.1, -0.05) is 42.4 Å². The van der Waals surface area contributed by atoms with Gasteiger partial charge in [-0.05, 0) is 37.6 Å². The molecular formula is C28H46NO8P. The lowest BCUT2D eigenvalue weighted by Crippen LogP contribution is -2.38. The van der Waals surface area contributed by atoms with Gasteiger partial charge in [0.05, 0.1) is 18.5 Å². The summed E-state index contributed by atoms with van der Waals surface area (Å²) in [5, 5.41) is 0. The lowest BCUT2D eigenvalue weighted by Gasteiger charge is -2.34. The van der Waals surface area contributed by atoms with Crippen molar-refractivity contribution in [3.05, 3.63) is 36.4 Å². The summed E-state index contributed by atoms with van der Waals surface area (Å²) in [6.07, 6.45) is 7.15. The largest absolute Gasteiger partial charge is 0.458 e. The summed E-state index contributed by atoms with van der Waals surface area (Å²) in [5.41, 5.74) is 0. The number of furan rings is 1. The van der Waals surface area contributed by atoms with Gasteiger partial charge in [0.25, 0.3) is 0 Å². The number of carbonyl (C=O) groups is 3. The molecule has 0 bridgehead atoms. The normalized spacial score (nSPS) is 17.5. The Kier molecular flexibility index (Phi) is 16.1. The van der Waals surface area contributed by atoms with E-state index < -0.39 is 12.1 Å². The van der Waals surface area contributed by atoms with E-state index in [0.717, 1.165) is 12.8 Å². The molecule has 0 aliphatic carbocycles. The number of amides is 1. The van der Waals surface area contributed by atoms with Gasteiger partial charge >= 0.3 is 11.9 Å². The molecule has 1 aromatic rings. The van der Waals surface area contributed by atoms with Gasteiger partial charge in [-0.25, -0.2) is 4.79 Å². The van der Waals surface area contributed by atoms with Crippen LogP contribution in [0.3, 0.4) is 0 Å². The van der Waals surface area contributed by atoms with Gasteiger partial charge in [-0.15, -0.1) is 0 Å². The van der Waals surface area contributed by atoms with Gasteiger partial charge in [0, 0.05) is 52.1 Å². The van der Waals surface area contributed by atoms with Crippen LogP contribution in [-0.2, 0) is 28.5 Å². The standard InChI is InChI=1S/C28H46NO8P/c1-9-25(31)37-26(38-8)17-24(33-6)19(2)12-13-22(36-28(32)23-11-10-16-35-23)21(4)27(34-7)20(3)14-15-29(5)18-30/h10-11,14-16,18-22,24,26-27,38H,9,12-13,17H2,1-8H3/b15-14+/t19-,20+,21-,22+,24-,26+,27+/m0/s1. The van der Waals surface area contributed by atoms with Crippen LogP contribution in [0.1, 0.15) is 63.9 Å². The molecule has 0 spiro atoms. The number of carbonyl (C=O) groups excluding carboxylic acids is 3. The van der Waals surface area contributed by atoms with E-state index in [4.69, 9.17) is 23.4 Å². The molecule has 1 rings (SSSR count). The van der Waals surface area contributed by atoms with Crippen LogP contribution in [0.2, 0.25) is 0 Å². The van der Waals surface area contributed by atoms with Crippen molar-refractivity contribution in [2.45, 2.75) is 77.5 Å². The maximum atomic E-state index is 12.8. The van der Waals surface area contributed by atoms with Crippen molar-refractivity contribution < 1.29 is 37.7 Å². The van der Waals surface area contributed by atoms with Crippen molar-refractivity contribution >= 4 is 26.9 Å². The zero-order valence-electron chi connectivity index (χ0n) is 24.0. The number of nitrogens with zero attached hydrogens (tertiary/aromatic N) is 1. The molecule has 1 amide bonds. The molecule has 1 unspecified atom stereocenters. The van der Waals surface area contributed by atoms with Gasteiger partial charge in [0.15, 0.2) is 0 Å². The molecule has 10 heteroatoms. The van der Waals surface area contributed by atoms with Crippen molar-refractivity contribution in [3.8, 4) is 0 Å². The van der Waals surface area contributed by atoms with Gasteiger partial charge in [0.1, 0.15) is 11.9 Å². The molecule has 9 nitrogen and oxygen atoms in total. The number of methoxy groups -OCH3 is 2. The van der Waals surface area contributed by atoms with E-state index in [1.165, 1.54) is 11.2 Å². The molecular weight excluding hydrogens is 509 g/mol. The summed E-state index contributed by atoms with van der Waals surface area (Å²) in [6.45, 7) is 9.89. The van der Waals surface area contributed by atoms with E-state index in [-0.39, 0.29) is 47.5 Å². The molecule has 0 aliphatic heterocycles. The Morgan fingerprint density at radius 3 is 2.34 bits per heavy atom. The molecule has 216 valence electrons. The van der Waals surface area contributed by atoms with Crippen molar-refractivity contribution in [1.29, 1.82) is 0 Å². The van der Waals surface area contributed by atoms with Crippen LogP contribution in [0, 0.1) is 17.8 Å². The molecule has 0 fully saturated rings. The van der Waals surface area contributed by atoms with Crippen LogP contribution in [0.5, 0.6) is 0 Å². The van der Waals surface area contributed by atoms with Crippen LogP contribution >= 0.6 is 8.58 Å². The Morgan fingerprint density at radius 1 is 1.11 bits per heavy atom. The lowest BCUT2D eigenvalue weighted by atomic mass is 9.85. The predicted molar refractivity (Wildman–Crippen MR) is 148 cm³/mol. The van der Waals surface area contributed by atoms with E-state index in [0.29, 0.717) is 27.8 Å². The average Bonchev–Trinajstić information content (AvgIpc) is 3.47. The topological polar surface area (TPSA) is 105 Å². The minimum Gasteiger partial charge on any atom is -0.458 e. The Labute approximate surface area is 229 Å². The molecule has 0 N–H and O–H groups in total. The molecule has 0 saturated carbocycles. The minimum absolute atomic E-state index is 0.0501. The summed E-state index contributed by atoms with van der Waals surface area (Å²) in [7, 11) is 5.41. The molecule has 0 aliphatic rings.